The number of fused-ring (bicyclic) bond motifs is 6. The van der Waals surface area contributed by atoms with E-state index in [9.17, 15) is 5.11 Å². The van der Waals surface area contributed by atoms with Crippen LogP contribution in [0.3, 0.4) is 0 Å². The Bertz CT molecular complexity index is 1710. The highest BCUT2D eigenvalue weighted by Crippen LogP contribution is 2.49. The van der Waals surface area contributed by atoms with Gasteiger partial charge in [0.05, 0.1) is 0 Å². The van der Waals surface area contributed by atoms with E-state index in [1.807, 2.05) is 0 Å². The first-order chi connectivity index (χ1) is 17.9. The van der Waals surface area contributed by atoms with Crippen molar-refractivity contribution >= 4 is 0 Å². The lowest BCUT2D eigenvalue weighted by Crippen LogP contribution is -2.12. The van der Waals surface area contributed by atoms with Crippen molar-refractivity contribution in [2.75, 3.05) is 0 Å². The molecule has 0 saturated heterocycles. The van der Waals surface area contributed by atoms with E-state index in [2.05, 4.69) is 118 Å². The average Bonchev–Trinajstić information content (AvgIpc) is 3.47. The topological polar surface area (TPSA) is 20.2 Å². The monoisotopic (exact) mass is 478 g/mol. The van der Waals surface area contributed by atoms with Crippen LogP contribution in [-0.4, -0.2) is 5.11 Å². The molecule has 0 aliphatic heterocycles. The maximum absolute atomic E-state index is 11.7. The van der Waals surface area contributed by atoms with Crippen LogP contribution in [0.5, 0.6) is 5.75 Å². The molecule has 0 amide bonds. The Labute approximate surface area is 219 Å². The third kappa shape index (κ3) is 3.38. The molecule has 0 saturated carbocycles. The number of aromatic hydroxyl groups is 1. The molecule has 0 atom stereocenters. The lowest BCUT2D eigenvalue weighted by atomic mass is 9.80. The summed E-state index contributed by atoms with van der Waals surface area (Å²) in [5.74, 6) is 0.400. The van der Waals surface area contributed by atoms with Crippen molar-refractivity contribution in [1.82, 2.24) is 0 Å². The largest absolute Gasteiger partial charge is 0.507 e. The van der Waals surface area contributed by atoms with Gasteiger partial charge in [-0.1, -0.05) is 106 Å². The molecule has 2 aliphatic rings. The number of rotatable bonds is 2. The molecular weight excluding hydrogens is 448 g/mol. The van der Waals surface area contributed by atoms with Crippen LogP contribution in [0.2, 0.25) is 0 Å². The molecule has 0 aromatic heterocycles. The summed E-state index contributed by atoms with van der Waals surface area (Å²) in [6, 6.07) is 35.1. The molecule has 0 spiro atoms. The van der Waals surface area contributed by atoms with Crippen LogP contribution in [0.4, 0.5) is 0 Å². The molecule has 0 heterocycles. The maximum atomic E-state index is 11.7. The Kier molecular flexibility index (Phi) is 4.75. The van der Waals surface area contributed by atoms with Gasteiger partial charge < -0.3 is 5.11 Å². The first-order valence-corrected chi connectivity index (χ1v) is 13.2. The van der Waals surface area contributed by atoms with Crippen molar-refractivity contribution < 1.29 is 5.11 Å². The SMILES string of the molecule is CC(C)(C)c1cc(-c2cccc3c2Cc2ccccc2-3)cc(-c2cccc3c2Cc2ccccc2-3)c1O. The number of hydrogen-bond donors (Lipinski definition) is 1. The summed E-state index contributed by atoms with van der Waals surface area (Å²) < 4.78 is 0. The molecule has 5 aromatic carbocycles. The number of hydrogen-bond acceptors (Lipinski definition) is 1. The highest BCUT2D eigenvalue weighted by Gasteiger charge is 2.28. The van der Waals surface area contributed by atoms with E-state index >= 15 is 0 Å². The molecular formula is C36H30O. The smallest absolute Gasteiger partial charge is 0.127 e. The van der Waals surface area contributed by atoms with Gasteiger partial charge >= 0.3 is 0 Å². The summed E-state index contributed by atoms with van der Waals surface area (Å²) in [7, 11) is 0. The fourth-order valence-corrected chi connectivity index (χ4v) is 6.40. The Morgan fingerprint density at radius 1 is 0.514 bits per heavy atom. The fraction of sp³-hybridized carbons (Fsp3) is 0.167. The average molecular weight is 479 g/mol. The number of phenols is 1. The quantitative estimate of drug-likeness (QED) is 0.263. The van der Waals surface area contributed by atoms with Crippen LogP contribution < -0.4 is 0 Å². The van der Waals surface area contributed by atoms with Gasteiger partial charge in [0.25, 0.3) is 0 Å². The third-order valence-electron chi connectivity index (χ3n) is 8.22. The zero-order valence-electron chi connectivity index (χ0n) is 21.6. The summed E-state index contributed by atoms with van der Waals surface area (Å²) in [4.78, 5) is 0. The van der Waals surface area contributed by atoms with Gasteiger partial charge in [0.15, 0.2) is 0 Å². The van der Waals surface area contributed by atoms with Crippen LogP contribution in [0, 0.1) is 0 Å². The van der Waals surface area contributed by atoms with E-state index in [1.165, 1.54) is 55.6 Å². The molecule has 2 aliphatic carbocycles. The van der Waals surface area contributed by atoms with Crippen LogP contribution in [-0.2, 0) is 18.3 Å². The predicted molar refractivity (Wildman–Crippen MR) is 154 cm³/mol. The minimum atomic E-state index is -0.198. The summed E-state index contributed by atoms with van der Waals surface area (Å²) in [6.07, 6.45) is 1.84. The van der Waals surface area contributed by atoms with Crippen molar-refractivity contribution in [2.24, 2.45) is 0 Å². The summed E-state index contributed by atoms with van der Waals surface area (Å²) in [6.45, 7) is 6.56. The van der Waals surface area contributed by atoms with Crippen molar-refractivity contribution in [2.45, 2.75) is 39.0 Å². The lowest BCUT2D eigenvalue weighted by Gasteiger charge is -2.25. The Hall–Kier alpha value is -4.10. The Morgan fingerprint density at radius 2 is 0.973 bits per heavy atom. The van der Waals surface area contributed by atoms with Gasteiger partial charge in [-0.15, -0.1) is 0 Å². The van der Waals surface area contributed by atoms with Crippen LogP contribution >= 0.6 is 0 Å². The molecule has 7 rings (SSSR count). The van der Waals surface area contributed by atoms with E-state index in [0.717, 1.165) is 29.5 Å². The molecule has 0 unspecified atom stereocenters. The second-order valence-electron chi connectivity index (χ2n) is 11.5. The second-order valence-corrected chi connectivity index (χ2v) is 11.5. The Morgan fingerprint density at radius 3 is 1.54 bits per heavy atom. The summed E-state index contributed by atoms with van der Waals surface area (Å²) in [5, 5.41) is 11.7. The van der Waals surface area contributed by atoms with Gasteiger partial charge in [-0.2, -0.15) is 0 Å². The van der Waals surface area contributed by atoms with E-state index in [4.69, 9.17) is 0 Å². The molecule has 5 aromatic rings. The number of phenolic OH excluding ortho intramolecular Hbond substituents is 1. The minimum Gasteiger partial charge on any atom is -0.507 e. The Balaban J connectivity index is 1.46. The van der Waals surface area contributed by atoms with Crippen LogP contribution in [0.15, 0.2) is 97.1 Å². The van der Waals surface area contributed by atoms with Crippen molar-refractivity contribution in [3.63, 3.8) is 0 Å². The molecule has 37 heavy (non-hydrogen) atoms. The highest BCUT2D eigenvalue weighted by molar-refractivity contribution is 5.91. The summed E-state index contributed by atoms with van der Waals surface area (Å²) in [5.41, 5.74) is 16.0. The number of benzene rings is 5. The maximum Gasteiger partial charge on any atom is 0.127 e. The van der Waals surface area contributed by atoms with Crippen molar-refractivity contribution in [3.8, 4) is 50.3 Å². The van der Waals surface area contributed by atoms with Gasteiger partial charge in [-0.05, 0) is 91.6 Å². The predicted octanol–water partition coefficient (Wildman–Crippen LogP) is 9.17. The van der Waals surface area contributed by atoms with Gasteiger partial charge in [-0.3, -0.25) is 0 Å². The van der Waals surface area contributed by atoms with Crippen molar-refractivity contribution in [3.05, 3.63) is 125 Å². The molecule has 1 heteroatoms. The molecule has 180 valence electrons. The van der Waals surface area contributed by atoms with E-state index < -0.39 is 0 Å². The lowest BCUT2D eigenvalue weighted by molar-refractivity contribution is 0.449. The van der Waals surface area contributed by atoms with E-state index in [0.29, 0.717) is 5.75 Å². The van der Waals surface area contributed by atoms with Gasteiger partial charge in [0, 0.05) is 11.1 Å². The second kappa shape index (κ2) is 7.95. The first-order valence-electron chi connectivity index (χ1n) is 13.2. The third-order valence-corrected chi connectivity index (χ3v) is 8.22. The zero-order chi connectivity index (χ0) is 25.3. The highest BCUT2D eigenvalue weighted by atomic mass is 16.3. The standard InChI is InChI=1S/C36H30O/c1-36(2,3)34-21-24(27-14-8-15-28-25-12-6-4-10-22(25)18-31(27)28)20-33(35(34)37)30-17-9-16-29-26-13-7-5-11-23(26)19-32(29)30/h4-17,20-21,37H,18-19H2,1-3H3. The molecule has 1 nitrogen and oxygen atoms in total. The van der Waals surface area contributed by atoms with Crippen LogP contribution in [0.1, 0.15) is 48.6 Å². The van der Waals surface area contributed by atoms with Gasteiger partial charge in [0.1, 0.15) is 5.75 Å². The first kappa shape index (κ1) is 22.1. The van der Waals surface area contributed by atoms with Crippen LogP contribution in [0.25, 0.3) is 44.5 Å². The normalized spacial score (nSPS) is 13.2. The van der Waals surface area contributed by atoms with Crippen molar-refractivity contribution in [1.29, 1.82) is 0 Å². The minimum absolute atomic E-state index is 0.198. The molecule has 0 bridgehead atoms. The molecule has 1 N–H and O–H groups in total. The van der Waals surface area contributed by atoms with Gasteiger partial charge in [-0.25, -0.2) is 0 Å². The van der Waals surface area contributed by atoms with E-state index in [1.54, 1.807) is 0 Å². The molecule has 0 radical (unpaired) electrons. The molecule has 0 fully saturated rings. The zero-order valence-corrected chi connectivity index (χ0v) is 21.6. The fourth-order valence-electron chi connectivity index (χ4n) is 6.40. The van der Waals surface area contributed by atoms with Gasteiger partial charge in [0.2, 0.25) is 0 Å². The van der Waals surface area contributed by atoms with E-state index in [-0.39, 0.29) is 5.41 Å². The summed E-state index contributed by atoms with van der Waals surface area (Å²) >= 11 is 0.